The number of aliphatic hydroxyl groups excluding tert-OH is 1. The van der Waals surface area contributed by atoms with Crippen molar-refractivity contribution in [3.05, 3.63) is 76.9 Å². The van der Waals surface area contributed by atoms with E-state index in [9.17, 15) is 15.3 Å². The van der Waals surface area contributed by atoms with Gasteiger partial charge in [-0.2, -0.15) is 0 Å². The van der Waals surface area contributed by atoms with Crippen molar-refractivity contribution in [3.8, 4) is 39.9 Å². The number of phenolic OH excluding ortho intramolecular Hbond substituents is 2. The van der Waals surface area contributed by atoms with Gasteiger partial charge >= 0.3 is 0 Å². The maximum atomic E-state index is 11.1. The Morgan fingerprint density at radius 3 is 2.34 bits per heavy atom. The minimum atomic E-state index is -0.771. The molecule has 1 aliphatic heterocycles. The summed E-state index contributed by atoms with van der Waals surface area (Å²) in [4.78, 5) is 0. The number of benzene rings is 4. The zero-order chi connectivity index (χ0) is 24.3. The van der Waals surface area contributed by atoms with Crippen molar-refractivity contribution in [1.82, 2.24) is 0 Å². The van der Waals surface area contributed by atoms with Gasteiger partial charge in [0.25, 0.3) is 0 Å². The molecule has 2 atom stereocenters. The molecule has 6 rings (SSSR count). The Hall–Kier alpha value is -3.90. The van der Waals surface area contributed by atoms with Gasteiger partial charge in [-0.05, 0) is 58.7 Å². The summed E-state index contributed by atoms with van der Waals surface area (Å²) < 4.78 is 17.5. The smallest absolute Gasteiger partial charge is 0.160 e. The number of aryl methyl sites for hydroxylation is 1. The molecule has 6 nitrogen and oxygen atoms in total. The number of phenols is 2. The first-order chi connectivity index (χ1) is 17.0. The maximum absolute atomic E-state index is 11.1. The van der Waals surface area contributed by atoms with Crippen molar-refractivity contribution < 1.29 is 29.5 Å². The van der Waals surface area contributed by atoms with Gasteiger partial charge in [-0.3, -0.25) is 0 Å². The molecule has 0 amide bonds. The molecule has 2 aliphatic rings. The van der Waals surface area contributed by atoms with Crippen molar-refractivity contribution >= 4 is 10.8 Å². The summed E-state index contributed by atoms with van der Waals surface area (Å²) in [6, 6.07) is 16.6. The minimum absolute atomic E-state index is 0.0367. The van der Waals surface area contributed by atoms with Crippen molar-refractivity contribution in [2.75, 3.05) is 14.2 Å². The van der Waals surface area contributed by atoms with E-state index in [1.807, 2.05) is 36.4 Å². The fourth-order valence-corrected chi connectivity index (χ4v) is 5.62. The van der Waals surface area contributed by atoms with Gasteiger partial charge in [-0.15, -0.1) is 0 Å². The number of fused-ring (bicyclic) bond motifs is 7. The average molecular weight is 471 g/mol. The lowest BCUT2D eigenvalue weighted by Gasteiger charge is -2.35. The molecule has 0 unspecified atom stereocenters. The number of hydrogen-bond acceptors (Lipinski definition) is 6. The fourth-order valence-electron chi connectivity index (χ4n) is 5.62. The van der Waals surface area contributed by atoms with Crippen LogP contribution in [0.3, 0.4) is 0 Å². The molecule has 0 spiro atoms. The normalized spacial score (nSPS) is 18.3. The summed E-state index contributed by atoms with van der Waals surface area (Å²) in [5.74, 6) is 2.04. The second kappa shape index (κ2) is 8.10. The van der Waals surface area contributed by atoms with Gasteiger partial charge < -0.3 is 29.5 Å². The molecule has 0 bridgehead atoms. The standard InChI is InChI=1S/C29H26O6/c1-33-25-12-16(8-10-21(25)30)29-23(32)13-20-19-9-7-15-11-22(31)17-5-3-4-6-18(17)27(15)28(19)26(34-2)14-24(20)35-29/h3-6,8,10-12,14,23,29-32H,7,9,13H2,1-2H3/t23-,29+/m1/s1. The lowest BCUT2D eigenvalue weighted by atomic mass is 9.78. The van der Waals surface area contributed by atoms with Gasteiger partial charge in [-0.25, -0.2) is 0 Å². The Morgan fingerprint density at radius 1 is 0.800 bits per heavy atom. The highest BCUT2D eigenvalue weighted by Crippen LogP contribution is 2.51. The van der Waals surface area contributed by atoms with E-state index in [1.54, 1.807) is 25.3 Å². The third-order valence-electron chi connectivity index (χ3n) is 7.24. The third-order valence-corrected chi connectivity index (χ3v) is 7.24. The molecule has 6 heteroatoms. The fraction of sp³-hybridized carbons (Fsp3) is 0.241. The second-order valence-electron chi connectivity index (χ2n) is 9.13. The lowest BCUT2D eigenvalue weighted by molar-refractivity contribution is 0.0202. The summed E-state index contributed by atoms with van der Waals surface area (Å²) >= 11 is 0. The molecular formula is C29H26O6. The first-order valence-electron chi connectivity index (χ1n) is 11.7. The summed E-state index contributed by atoms with van der Waals surface area (Å²) in [5.41, 5.74) is 5.98. The van der Waals surface area contributed by atoms with Crippen LogP contribution in [0, 0.1) is 0 Å². The molecule has 1 aliphatic carbocycles. The van der Waals surface area contributed by atoms with E-state index in [2.05, 4.69) is 0 Å². The van der Waals surface area contributed by atoms with E-state index in [-0.39, 0.29) is 11.5 Å². The Bertz CT molecular complexity index is 1470. The summed E-state index contributed by atoms with van der Waals surface area (Å²) in [6.45, 7) is 0. The predicted octanol–water partition coefficient (Wildman–Crippen LogP) is 5.07. The van der Waals surface area contributed by atoms with Crippen LogP contribution in [-0.2, 0) is 19.3 Å². The van der Waals surface area contributed by atoms with Crippen LogP contribution in [0.1, 0.15) is 28.4 Å². The number of ether oxygens (including phenoxy) is 3. The topological polar surface area (TPSA) is 88.4 Å². The molecule has 0 saturated heterocycles. The van der Waals surface area contributed by atoms with Gasteiger partial charge in [0.15, 0.2) is 11.5 Å². The van der Waals surface area contributed by atoms with Crippen LogP contribution in [0.5, 0.6) is 28.7 Å². The Morgan fingerprint density at radius 2 is 1.57 bits per heavy atom. The van der Waals surface area contributed by atoms with E-state index < -0.39 is 12.2 Å². The lowest BCUT2D eigenvalue weighted by Crippen LogP contribution is -2.31. The van der Waals surface area contributed by atoms with E-state index in [1.165, 1.54) is 7.11 Å². The highest BCUT2D eigenvalue weighted by Gasteiger charge is 2.36. The minimum Gasteiger partial charge on any atom is -0.507 e. The van der Waals surface area contributed by atoms with E-state index in [0.29, 0.717) is 23.7 Å². The predicted molar refractivity (Wildman–Crippen MR) is 133 cm³/mol. The summed E-state index contributed by atoms with van der Waals surface area (Å²) in [6.07, 6.45) is 0.587. The number of methoxy groups -OCH3 is 2. The Kier molecular flexibility index (Phi) is 5.00. The molecule has 3 N–H and O–H groups in total. The van der Waals surface area contributed by atoms with Gasteiger partial charge in [0.2, 0.25) is 0 Å². The SMILES string of the molecule is COc1cc([C@@H]2Oc3cc(OC)c4c(c3C[C@H]2O)CCc2cc(O)c3ccccc3c2-4)ccc1O. The summed E-state index contributed by atoms with van der Waals surface area (Å²) in [5, 5.41) is 33.5. The quantitative estimate of drug-likeness (QED) is 0.387. The van der Waals surface area contributed by atoms with E-state index in [4.69, 9.17) is 14.2 Å². The molecule has 0 aromatic heterocycles. The molecule has 4 aromatic rings. The first kappa shape index (κ1) is 21.6. The number of aromatic hydroxyl groups is 2. The van der Waals surface area contributed by atoms with E-state index in [0.717, 1.165) is 57.0 Å². The number of hydrogen-bond donors (Lipinski definition) is 3. The van der Waals surface area contributed by atoms with Crippen LogP contribution < -0.4 is 14.2 Å². The van der Waals surface area contributed by atoms with E-state index >= 15 is 0 Å². The molecule has 0 radical (unpaired) electrons. The molecule has 0 saturated carbocycles. The molecule has 35 heavy (non-hydrogen) atoms. The third kappa shape index (κ3) is 3.28. The number of aliphatic hydroxyl groups is 1. The zero-order valence-electron chi connectivity index (χ0n) is 19.5. The van der Waals surface area contributed by atoms with Crippen LogP contribution in [0.2, 0.25) is 0 Å². The highest BCUT2D eigenvalue weighted by atomic mass is 16.5. The van der Waals surface area contributed by atoms with Crippen LogP contribution in [0.25, 0.3) is 21.9 Å². The van der Waals surface area contributed by atoms with Gasteiger partial charge in [0.05, 0.1) is 20.3 Å². The van der Waals surface area contributed by atoms with Crippen molar-refractivity contribution in [3.63, 3.8) is 0 Å². The molecule has 0 fully saturated rings. The first-order valence-corrected chi connectivity index (χ1v) is 11.7. The monoisotopic (exact) mass is 470 g/mol. The number of rotatable bonds is 3. The highest BCUT2D eigenvalue weighted by molar-refractivity contribution is 6.04. The average Bonchev–Trinajstić information content (AvgIpc) is 2.88. The van der Waals surface area contributed by atoms with Gasteiger partial charge in [0, 0.05) is 29.0 Å². The van der Waals surface area contributed by atoms with Crippen LogP contribution in [0.15, 0.2) is 54.6 Å². The Labute approximate surface area is 202 Å². The maximum Gasteiger partial charge on any atom is 0.160 e. The van der Waals surface area contributed by atoms with Crippen LogP contribution in [0.4, 0.5) is 0 Å². The second-order valence-corrected chi connectivity index (χ2v) is 9.13. The van der Waals surface area contributed by atoms with Crippen molar-refractivity contribution in [2.45, 2.75) is 31.5 Å². The molecular weight excluding hydrogens is 444 g/mol. The largest absolute Gasteiger partial charge is 0.507 e. The van der Waals surface area contributed by atoms with Crippen LogP contribution in [-0.4, -0.2) is 35.6 Å². The van der Waals surface area contributed by atoms with Crippen LogP contribution >= 0.6 is 0 Å². The van der Waals surface area contributed by atoms with Gasteiger partial charge in [0.1, 0.15) is 23.4 Å². The van der Waals surface area contributed by atoms with Crippen molar-refractivity contribution in [1.29, 1.82) is 0 Å². The summed E-state index contributed by atoms with van der Waals surface area (Å²) in [7, 11) is 3.14. The molecule has 1 heterocycles. The zero-order valence-corrected chi connectivity index (χ0v) is 19.5. The molecule has 178 valence electrons. The Balaban J connectivity index is 1.52. The van der Waals surface area contributed by atoms with Gasteiger partial charge in [-0.1, -0.05) is 30.3 Å². The van der Waals surface area contributed by atoms with Crippen molar-refractivity contribution in [2.24, 2.45) is 0 Å². The molecule has 4 aromatic carbocycles.